The number of nitrogens with two attached hydrogens (primary N) is 1. The largest absolute Gasteiger partial charge is 0.396 e. The predicted molar refractivity (Wildman–Crippen MR) is 63.5 cm³/mol. The molecular weight excluding hydrogens is 228 g/mol. The molecule has 2 rings (SSSR count). The number of nitrogens with zero attached hydrogens (tertiary/aromatic N) is 2. The SMILES string of the molecule is Nc1cc(Cl)cnc1N1CCCNC(=O)C1. The molecule has 0 saturated carbocycles. The summed E-state index contributed by atoms with van der Waals surface area (Å²) >= 11 is 5.78. The van der Waals surface area contributed by atoms with Crippen molar-refractivity contribution < 1.29 is 4.79 Å². The van der Waals surface area contributed by atoms with Gasteiger partial charge >= 0.3 is 0 Å². The Hall–Kier alpha value is -1.49. The minimum atomic E-state index is -0.00588. The van der Waals surface area contributed by atoms with Crippen molar-refractivity contribution in [2.24, 2.45) is 0 Å². The quantitative estimate of drug-likeness (QED) is 0.756. The van der Waals surface area contributed by atoms with E-state index in [9.17, 15) is 4.79 Å². The number of hydrogen-bond acceptors (Lipinski definition) is 4. The molecule has 5 nitrogen and oxygen atoms in total. The summed E-state index contributed by atoms with van der Waals surface area (Å²) in [5.41, 5.74) is 6.33. The fourth-order valence-corrected chi connectivity index (χ4v) is 1.87. The second-order valence-corrected chi connectivity index (χ2v) is 4.13. The smallest absolute Gasteiger partial charge is 0.239 e. The highest BCUT2D eigenvalue weighted by atomic mass is 35.5. The number of carbonyl (C=O) groups excluding carboxylic acids is 1. The summed E-state index contributed by atoms with van der Waals surface area (Å²) in [4.78, 5) is 17.4. The molecule has 1 amide bonds. The van der Waals surface area contributed by atoms with Crippen molar-refractivity contribution in [2.45, 2.75) is 6.42 Å². The molecule has 1 aliphatic heterocycles. The van der Waals surface area contributed by atoms with E-state index in [4.69, 9.17) is 17.3 Å². The summed E-state index contributed by atoms with van der Waals surface area (Å²) in [7, 11) is 0. The Balaban J connectivity index is 2.24. The lowest BCUT2D eigenvalue weighted by Crippen LogP contribution is -2.33. The van der Waals surface area contributed by atoms with Crippen LogP contribution >= 0.6 is 11.6 Å². The Morgan fingerprint density at radius 3 is 3.12 bits per heavy atom. The van der Waals surface area contributed by atoms with E-state index in [1.54, 1.807) is 6.07 Å². The van der Waals surface area contributed by atoms with E-state index in [0.29, 0.717) is 29.6 Å². The molecule has 3 N–H and O–H groups in total. The number of anilines is 2. The maximum Gasteiger partial charge on any atom is 0.239 e. The van der Waals surface area contributed by atoms with Gasteiger partial charge in [-0.2, -0.15) is 0 Å². The van der Waals surface area contributed by atoms with Gasteiger partial charge in [-0.05, 0) is 12.5 Å². The van der Waals surface area contributed by atoms with Gasteiger partial charge in [-0.25, -0.2) is 4.98 Å². The van der Waals surface area contributed by atoms with Gasteiger partial charge in [-0.3, -0.25) is 4.79 Å². The van der Waals surface area contributed by atoms with Crippen molar-refractivity contribution in [3.05, 3.63) is 17.3 Å². The molecule has 1 aromatic heterocycles. The number of nitrogen functional groups attached to an aromatic ring is 1. The Labute approximate surface area is 98.6 Å². The van der Waals surface area contributed by atoms with Crippen molar-refractivity contribution in [3.8, 4) is 0 Å². The van der Waals surface area contributed by atoms with Crippen LogP contribution in [-0.2, 0) is 4.79 Å². The molecule has 0 aliphatic carbocycles. The number of hydrogen-bond donors (Lipinski definition) is 2. The van der Waals surface area contributed by atoms with Crippen LogP contribution in [0.1, 0.15) is 6.42 Å². The number of nitrogens with one attached hydrogen (secondary N) is 1. The van der Waals surface area contributed by atoms with Crippen LogP contribution in [0.5, 0.6) is 0 Å². The molecule has 16 heavy (non-hydrogen) atoms. The van der Waals surface area contributed by atoms with Gasteiger partial charge in [0.25, 0.3) is 0 Å². The number of halogens is 1. The second kappa shape index (κ2) is 4.57. The van der Waals surface area contributed by atoms with Crippen LogP contribution in [0.4, 0.5) is 11.5 Å². The standard InChI is InChI=1S/C10H13ClN4O/c11-7-4-8(12)10(14-5-7)15-3-1-2-13-9(16)6-15/h4-5H,1-3,6,12H2,(H,13,16). The van der Waals surface area contributed by atoms with E-state index >= 15 is 0 Å². The van der Waals surface area contributed by atoms with Crippen LogP contribution in [-0.4, -0.2) is 30.5 Å². The summed E-state index contributed by atoms with van der Waals surface area (Å²) in [6.45, 7) is 1.75. The number of aromatic nitrogens is 1. The fraction of sp³-hybridized carbons (Fsp3) is 0.400. The molecule has 1 saturated heterocycles. The van der Waals surface area contributed by atoms with Crippen LogP contribution in [0.3, 0.4) is 0 Å². The molecule has 0 bridgehead atoms. The Morgan fingerprint density at radius 1 is 1.56 bits per heavy atom. The second-order valence-electron chi connectivity index (χ2n) is 3.69. The van der Waals surface area contributed by atoms with E-state index in [0.717, 1.165) is 13.0 Å². The van der Waals surface area contributed by atoms with Gasteiger partial charge in [0, 0.05) is 19.3 Å². The molecule has 86 valence electrons. The van der Waals surface area contributed by atoms with Crippen molar-refractivity contribution in [1.29, 1.82) is 0 Å². The number of rotatable bonds is 1. The summed E-state index contributed by atoms with van der Waals surface area (Å²) in [5.74, 6) is 0.620. The first kappa shape index (κ1) is 11.0. The van der Waals surface area contributed by atoms with E-state index in [2.05, 4.69) is 10.3 Å². The van der Waals surface area contributed by atoms with Gasteiger partial charge < -0.3 is 16.0 Å². The molecule has 1 fully saturated rings. The average molecular weight is 241 g/mol. The Bertz CT molecular complexity index is 410. The maximum absolute atomic E-state index is 11.4. The maximum atomic E-state index is 11.4. The van der Waals surface area contributed by atoms with Crippen LogP contribution < -0.4 is 16.0 Å². The molecule has 6 heteroatoms. The Morgan fingerprint density at radius 2 is 2.38 bits per heavy atom. The highest BCUT2D eigenvalue weighted by Gasteiger charge is 2.17. The van der Waals surface area contributed by atoms with E-state index in [1.165, 1.54) is 6.20 Å². The third-order valence-corrected chi connectivity index (χ3v) is 2.63. The molecular formula is C10H13ClN4O. The minimum Gasteiger partial charge on any atom is -0.396 e. The first-order chi connectivity index (χ1) is 7.66. The molecule has 0 unspecified atom stereocenters. The highest BCUT2D eigenvalue weighted by Crippen LogP contribution is 2.23. The highest BCUT2D eigenvalue weighted by molar-refractivity contribution is 6.30. The van der Waals surface area contributed by atoms with Crippen molar-refractivity contribution in [1.82, 2.24) is 10.3 Å². The molecule has 0 radical (unpaired) electrons. The predicted octanol–water partition coefficient (Wildman–Crippen LogP) is 0.643. The topological polar surface area (TPSA) is 71.2 Å². The van der Waals surface area contributed by atoms with Crippen LogP contribution in [0.2, 0.25) is 5.02 Å². The first-order valence-corrected chi connectivity index (χ1v) is 5.47. The normalized spacial score (nSPS) is 16.8. The lowest BCUT2D eigenvalue weighted by Gasteiger charge is -2.21. The average Bonchev–Trinajstić information content (AvgIpc) is 2.43. The summed E-state index contributed by atoms with van der Waals surface area (Å²) in [6.07, 6.45) is 2.42. The van der Waals surface area contributed by atoms with E-state index in [1.807, 2.05) is 4.90 Å². The molecule has 1 aliphatic rings. The fourth-order valence-electron chi connectivity index (χ4n) is 1.70. The van der Waals surface area contributed by atoms with Crippen LogP contribution in [0.25, 0.3) is 0 Å². The van der Waals surface area contributed by atoms with E-state index < -0.39 is 0 Å². The summed E-state index contributed by atoms with van der Waals surface area (Å²) < 4.78 is 0. The minimum absolute atomic E-state index is 0.00588. The first-order valence-electron chi connectivity index (χ1n) is 5.09. The van der Waals surface area contributed by atoms with Gasteiger partial charge in [0.1, 0.15) is 0 Å². The Kier molecular flexibility index (Phi) is 3.14. The zero-order valence-corrected chi connectivity index (χ0v) is 9.50. The van der Waals surface area contributed by atoms with Crippen molar-refractivity contribution in [2.75, 3.05) is 30.3 Å². The third kappa shape index (κ3) is 2.36. The zero-order valence-electron chi connectivity index (χ0n) is 8.74. The molecule has 0 spiro atoms. The molecule has 1 aromatic rings. The lowest BCUT2D eigenvalue weighted by atomic mass is 10.3. The van der Waals surface area contributed by atoms with Gasteiger partial charge in [-0.1, -0.05) is 11.6 Å². The van der Waals surface area contributed by atoms with Gasteiger partial charge in [0.2, 0.25) is 5.91 Å². The summed E-state index contributed by atoms with van der Waals surface area (Å²) in [6, 6.07) is 1.65. The van der Waals surface area contributed by atoms with Gasteiger partial charge in [0.15, 0.2) is 5.82 Å². The molecule has 0 aromatic carbocycles. The number of pyridine rings is 1. The lowest BCUT2D eigenvalue weighted by molar-refractivity contribution is -0.119. The van der Waals surface area contributed by atoms with Gasteiger partial charge in [0.05, 0.1) is 17.3 Å². The van der Waals surface area contributed by atoms with Gasteiger partial charge in [-0.15, -0.1) is 0 Å². The molecule has 0 atom stereocenters. The number of carbonyl (C=O) groups is 1. The van der Waals surface area contributed by atoms with Crippen molar-refractivity contribution in [3.63, 3.8) is 0 Å². The molecule has 2 heterocycles. The van der Waals surface area contributed by atoms with E-state index in [-0.39, 0.29) is 5.91 Å². The zero-order chi connectivity index (χ0) is 11.5. The number of amides is 1. The monoisotopic (exact) mass is 240 g/mol. The van der Waals surface area contributed by atoms with Crippen molar-refractivity contribution >= 4 is 29.0 Å². The third-order valence-electron chi connectivity index (χ3n) is 2.42. The van der Waals surface area contributed by atoms with Crippen LogP contribution in [0, 0.1) is 0 Å². The van der Waals surface area contributed by atoms with Crippen LogP contribution in [0.15, 0.2) is 12.3 Å². The summed E-state index contributed by atoms with van der Waals surface area (Å²) in [5, 5.41) is 3.30.